The van der Waals surface area contributed by atoms with Crippen molar-refractivity contribution in [2.45, 2.75) is 65.6 Å². The molecule has 0 aliphatic heterocycles. The summed E-state index contributed by atoms with van der Waals surface area (Å²) in [5, 5.41) is 0. The van der Waals surface area contributed by atoms with Crippen molar-refractivity contribution in [1.82, 2.24) is 0 Å². The smallest absolute Gasteiger partial charge is 0.164 e. The number of ketones is 3. The van der Waals surface area contributed by atoms with Crippen LogP contribution in [-0.2, 0) is 23.9 Å². The zero-order chi connectivity index (χ0) is 15.3. The van der Waals surface area contributed by atoms with E-state index in [1.54, 1.807) is 27.7 Å². The van der Waals surface area contributed by atoms with Crippen molar-refractivity contribution in [2.24, 2.45) is 0 Å². The molecule has 0 spiro atoms. The lowest BCUT2D eigenvalue weighted by Crippen LogP contribution is -2.39. The molecule has 110 valence electrons. The van der Waals surface area contributed by atoms with Gasteiger partial charge in [0.25, 0.3) is 0 Å². The summed E-state index contributed by atoms with van der Waals surface area (Å²) in [7, 11) is 0. The molecule has 0 aromatic rings. The Morgan fingerprint density at radius 2 is 1.32 bits per heavy atom. The normalized spacial score (nSPS) is 12.3. The Morgan fingerprint density at radius 1 is 0.842 bits per heavy atom. The monoisotopic (exact) mass is 272 g/mol. The third-order valence-electron chi connectivity index (χ3n) is 3.06. The molecule has 0 heterocycles. The first kappa shape index (κ1) is 17.9. The van der Waals surface area contributed by atoms with Crippen molar-refractivity contribution in [3.63, 3.8) is 0 Å². The summed E-state index contributed by atoms with van der Waals surface area (Å²) in [5.41, 5.74) is -1.96. The number of Topliss-reactive ketones (excluding diaryl/α,β-unsaturated/α-hetero) is 3. The maximum Gasteiger partial charge on any atom is 0.164 e. The van der Waals surface area contributed by atoms with Gasteiger partial charge < -0.3 is 14.3 Å². The summed E-state index contributed by atoms with van der Waals surface area (Å²) in [6.07, 6.45) is 0.365. The van der Waals surface area contributed by atoms with Gasteiger partial charge in [-0.05, 0) is 41.5 Å². The topological polar surface area (TPSA) is 69.7 Å². The minimum atomic E-state index is -1.03. The van der Waals surface area contributed by atoms with Gasteiger partial charge in [0.05, 0.1) is 0 Å². The van der Waals surface area contributed by atoms with Gasteiger partial charge in [0.1, 0.15) is 23.8 Å². The molecule has 0 aliphatic carbocycles. The Morgan fingerprint density at radius 3 is 1.74 bits per heavy atom. The fraction of sp³-hybridized carbons (Fsp3) is 0.786. The van der Waals surface area contributed by atoms with Gasteiger partial charge in [-0.3, -0.25) is 9.59 Å². The maximum absolute atomic E-state index is 11.9. The number of hydrogen-bond donors (Lipinski definition) is 0. The molecule has 5 heteroatoms. The van der Waals surface area contributed by atoms with Gasteiger partial charge in [0.2, 0.25) is 0 Å². The molecule has 0 aliphatic rings. The van der Waals surface area contributed by atoms with E-state index in [1.807, 2.05) is 0 Å². The van der Waals surface area contributed by atoms with Crippen LogP contribution in [0.1, 0.15) is 54.4 Å². The third kappa shape index (κ3) is 6.59. The highest BCUT2D eigenvalue weighted by atomic mass is 16.7. The zero-order valence-corrected chi connectivity index (χ0v) is 12.7. The van der Waals surface area contributed by atoms with Crippen molar-refractivity contribution in [3.8, 4) is 0 Å². The minimum absolute atomic E-state index is 0.0295. The van der Waals surface area contributed by atoms with Crippen LogP contribution in [0.25, 0.3) is 0 Å². The Hall–Kier alpha value is -1.07. The van der Waals surface area contributed by atoms with Gasteiger partial charge in [0.15, 0.2) is 11.6 Å². The van der Waals surface area contributed by atoms with E-state index in [-0.39, 0.29) is 37.0 Å². The Kier molecular flexibility index (Phi) is 6.52. The number of hydrogen-bond acceptors (Lipinski definition) is 5. The Balaban J connectivity index is 4.27. The number of rotatable bonds is 9. The van der Waals surface area contributed by atoms with E-state index < -0.39 is 11.2 Å². The van der Waals surface area contributed by atoms with Crippen LogP contribution in [0.3, 0.4) is 0 Å². The van der Waals surface area contributed by atoms with Crippen molar-refractivity contribution >= 4 is 17.3 Å². The fourth-order valence-electron chi connectivity index (χ4n) is 1.10. The molecule has 0 N–H and O–H groups in total. The van der Waals surface area contributed by atoms with E-state index in [0.717, 1.165) is 0 Å². The lowest BCUT2D eigenvalue weighted by Gasteiger charge is -2.27. The number of carbonyl (C=O) groups excluding carboxylic acids is 3. The fourth-order valence-corrected chi connectivity index (χ4v) is 1.10. The van der Waals surface area contributed by atoms with Gasteiger partial charge in [0, 0.05) is 12.8 Å². The highest BCUT2D eigenvalue weighted by molar-refractivity contribution is 5.90. The average molecular weight is 272 g/mol. The molecule has 0 amide bonds. The average Bonchev–Trinajstić information content (AvgIpc) is 2.24. The predicted octanol–water partition coefficient (Wildman–Crippen LogP) is 2.06. The Bertz CT molecular complexity index is 355. The van der Waals surface area contributed by atoms with Crippen LogP contribution in [0.5, 0.6) is 0 Å². The summed E-state index contributed by atoms with van der Waals surface area (Å²) in [4.78, 5) is 33.9. The van der Waals surface area contributed by atoms with Crippen molar-refractivity contribution in [3.05, 3.63) is 0 Å². The van der Waals surface area contributed by atoms with Gasteiger partial charge in [-0.1, -0.05) is 0 Å². The number of carbonyl (C=O) groups is 3. The SMILES string of the molecule is CC(=O)CCC(=O)C(C)(C)OCOC(C)(C)C(C)=O. The van der Waals surface area contributed by atoms with E-state index in [0.29, 0.717) is 0 Å². The molecule has 0 bridgehead atoms. The highest BCUT2D eigenvalue weighted by Gasteiger charge is 2.30. The third-order valence-corrected chi connectivity index (χ3v) is 3.06. The lowest BCUT2D eigenvalue weighted by molar-refractivity contribution is -0.185. The summed E-state index contributed by atoms with van der Waals surface area (Å²) in [5.74, 6) is -0.304. The van der Waals surface area contributed by atoms with Crippen LogP contribution < -0.4 is 0 Å². The van der Waals surface area contributed by atoms with Gasteiger partial charge in [-0.2, -0.15) is 0 Å². The van der Waals surface area contributed by atoms with E-state index in [9.17, 15) is 14.4 Å². The molecule has 0 radical (unpaired) electrons. The van der Waals surface area contributed by atoms with Crippen LogP contribution in [0.15, 0.2) is 0 Å². The van der Waals surface area contributed by atoms with E-state index >= 15 is 0 Å². The summed E-state index contributed by atoms with van der Waals surface area (Å²) >= 11 is 0. The standard InChI is InChI=1S/C14H24O5/c1-10(15)7-8-12(17)14(5,6)19-9-18-13(3,4)11(2)16/h7-9H2,1-6H3. The number of ether oxygens (including phenoxy) is 2. The highest BCUT2D eigenvalue weighted by Crippen LogP contribution is 2.17. The molecule has 0 atom stereocenters. The van der Waals surface area contributed by atoms with Crippen LogP contribution in [0.2, 0.25) is 0 Å². The van der Waals surface area contributed by atoms with Gasteiger partial charge in [-0.15, -0.1) is 0 Å². The summed E-state index contributed by atoms with van der Waals surface area (Å²) < 4.78 is 10.7. The summed E-state index contributed by atoms with van der Waals surface area (Å²) in [6.45, 7) is 9.26. The second kappa shape index (κ2) is 6.91. The molecule has 0 aromatic heterocycles. The van der Waals surface area contributed by atoms with Crippen LogP contribution in [-0.4, -0.2) is 35.3 Å². The van der Waals surface area contributed by atoms with Crippen molar-refractivity contribution < 1.29 is 23.9 Å². The van der Waals surface area contributed by atoms with Crippen LogP contribution in [0.4, 0.5) is 0 Å². The van der Waals surface area contributed by atoms with Crippen LogP contribution >= 0.6 is 0 Å². The molecule has 0 aromatic carbocycles. The van der Waals surface area contributed by atoms with Crippen molar-refractivity contribution in [1.29, 1.82) is 0 Å². The van der Waals surface area contributed by atoms with Gasteiger partial charge >= 0.3 is 0 Å². The second-order valence-electron chi connectivity index (χ2n) is 5.61. The largest absolute Gasteiger partial charge is 0.342 e. The zero-order valence-electron chi connectivity index (χ0n) is 12.7. The summed E-state index contributed by atoms with van der Waals surface area (Å²) in [6, 6.07) is 0. The lowest BCUT2D eigenvalue weighted by atomic mass is 9.98. The van der Waals surface area contributed by atoms with E-state index in [1.165, 1.54) is 13.8 Å². The second-order valence-corrected chi connectivity index (χ2v) is 5.61. The quantitative estimate of drug-likeness (QED) is 0.601. The Labute approximate surface area is 114 Å². The minimum Gasteiger partial charge on any atom is -0.342 e. The first-order valence-corrected chi connectivity index (χ1v) is 6.31. The van der Waals surface area contributed by atoms with Gasteiger partial charge in [-0.25, -0.2) is 0 Å². The molecule has 0 fully saturated rings. The molecular formula is C14H24O5. The molecule has 0 saturated heterocycles. The predicted molar refractivity (Wildman–Crippen MR) is 70.8 cm³/mol. The molecule has 0 rings (SSSR count). The molecule has 0 unspecified atom stereocenters. The van der Waals surface area contributed by atoms with E-state index in [2.05, 4.69) is 0 Å². The molecule has 5 nitrogen and oxygen atoms in total. The molecular weight excluding hydrogens is 248 g/mol. The van der Waals surface area contributed by atoms with Crippen molar-refractivity contribution in [2.75, 3.05) is 6.79 Å². The molecule has 19 heavy (non-hydrogen) atoms. The first-order chi connectivity index (χ1) is 8.49. The molecule has 0 saturated carbocycles. The maximum atomic E-state index is 11.9. The first-order valence-electron chi connectivity index (χ1n) is 6.31. The van der Waals surface area contributed by atoms with E-state index in [4.69, 9.17) is 9.47 Å². The van der Waals surface area contributed by atoms with Crippen LogP contribution in [0, 0.1) is 0 Å².